The Bertz CT molecular complexity index is 574. The maximum Gasteiger partial charge on any atom is 0.251 e. The van der Waals surface area contributed by atoms with E-state index in [0.717, 1.165) is 32.7 Å². The van der Waals surface area contributed by atoms with Gasteiger partial charge in [-0.25, -0.2) is 0 Å². The van der Waals surface area contributed by atoms with Crippen LogP contribution in [-0.4, -0.2) is 65.2 Å². The number of amides is 1. The van der Waals surface area contributed by atoms with Crippen LogP contribution in [0.2, 0.25) is 0 Å². The molecule has 0 aromatic heterocycles. The van der Waals surface area contributed by atoms with Crippen LogP contribution in [0.3, 0.4) is 0 Å². The summed E-state index contributed by atoms with van der Waals surface area (Å²) in [4.78, 5) is 18.6. The molecular weight excluding hydrogens is 302 g/mol. The number of carbonyl (C=O) groups is 1. The van der Waals surface area contributed by atoms with Gasteiger partial charge in [-0.15, -0.1) is 0 Å². The fourth-order valence-corrected chi connectivity index (χ4v) is 4.21. The Kier molecular flexibility index (Phi) is 4.41. The summed E-state index contributed by atoms with van der Waals surface area (Å²) in [5.74, 6) is 0.811. The molecule has 5 nitrogen and oxygen atoms in total. The summed E-state index contributed by atoms with van der Waals surface area (Å²) >= 11 is 0. The van der Waals surface area contributed by atoms with Crippen molar-refractivity contribution in [2.75, 3.05) is 33.4 Å². The Morgan fingerprint density at radius 2 is 2.08 bits per heavy atom. The van der Waals surface area contributed by atoms with E-state index < -0.39 is 6.10 Å². The third-order valence-electron chi connectivity index (χ3n) is 5.13. The van der Waals surface area contributed by atoms with Crippen LogP contribution in [0, 0.1) is 17.3 Å². The first kappa shape index (κ1) is 17.3. The minimum atomic E-state index is -0.888. The van der Waals surface area contributed by atoms with E-state index in [9.17, 15) is 9.90 Å². The molecule has 2 heterocycles. The number of aliphatic hydroxyl groups excluding tert-OH is 1. The highest BCUT2D eigenvalue weighted by atomic mass is 16.3. The maximum atomic E-state index is 12.0. The van der Waals surface area contributed by atoms with Crippen LogP contribution in [0.15, 0.2) is 23.5 Å². The molecule has 134 valence electrons. The molecule has 3 rings (SSSR count). The van der Waals surface area contributed by atoms with Gasteiger partial charge in [0.15, 0.2) is 0 Å². The molecule has 3 atom stereocenters. The summed E-state index contributed by atoms with van der Waals surface area (Å²) in [6, 6.07) is 0. The normalized spacial score (nSPS) is 28.2. The zero-order chi connectivity index (χ0) is 17.6. The van der Waals surface area contributed by atoms with E-state index in [2.05, 4.69) is 49.9 Å². The number of hydrogen-bond acceptors (Lipinski definition) is 4. The van der Waals surface area contributed by atoms with Gasteiger partial charge in [-0.3, -0.25) is 4.79 Å². The van der Waals surface area contributed by atoms with Crippen molar-refractivity contribution in [1.29, 1.82) is 0 Å². The van der Waals surface area contributed by atoms with Crippen molar-refractivity contribution in [2.45, 2.75) is 40.2 Å². The second-order valence-corrected chi connectivity index (χ2v) is 8.91. The number of hydrogen-bond donors (Lipinski definition) is 1. The van der Waals surface area contributed by atoms with Gasteiger partial charge >= 0.3 is 0 Å². The average Bonchev–Trinajstić information content (AvgIpc) is 3.08. The molecule has 3 aliphatic rings. The third kappa shape index (κ3) is 3.46. The van der Waals surface area contributed by atoms with Crippen molar-refractivity contribution in [1.82, 2.24) is 14.7 Å². The molecule has 24 heavy (non-hydrogen) atoms. The van der Waals surface area contributed by atoms with Gasteiger partial charge in [0, 0.05) is 32.9 Å². The van der Waals surface area contributed by atoms with Gasteiger partial charge in [-0.05, 0) is 36.2 Å². The van der Waals surface area contributed by atoms with Crippen molar-refractivity contribution in [2.24, 2.45) is 17.3 Å². The fourth-order valence-electron chi connectivity index (χ4n) is 4.21. The molecule has 1 fully saturated rings. The lowest BCUT2D eigenvalue weighted by atomic mass is 9.95. The van der Waals surface area contributed by atoms with Crippen LogP contribution >= 0.6 is 0 Å². The monoisotopic (exact) mass is 333 g/mol. The molecule has 0 radical (unpaired) electrons. The van der Waals surface area contributed by atoms with Crippen LogP contribution in [0.1, 0.15) is 34.1 Å². The van der Waals surface area contributed by atoms with Gasteiger partial charge in [0.2, 0.25) is 0 Å². The zero-order valence-electron chi connectivity index (χ0n) is 15.6. The largest absolute Gasteiger partial charge is 0.384 e. The van der Waals surface area contributed by atoms with E-state index in [0.29, 0.717) is 11.8 Å². The molecule has 5 heteroatoms. The summed E-state index contributed by atoms with van der Waals surface area (Å²) in [7, 11) is 2.13. The first-order valence-corrected chi connectivity index (χ1v) is 8.99. The summed E-state index contributed by atoms with van der Waals surface area (Å²) < 4.78 is 0. The van der Waals surface area contributed by atoms with Gasteiger partial charge in [0.05, 0.1) is 12.4 Å². The number of nitrogens with zero attached hydrogens (tertiary/aromatic N) is 3. The lowest BCUT2D eigenvalue weighted by molar-refractivity contribution is -0.138. The van der Waals surface area contributed by atoms with Gasteiger partial charge in [0.1, 0.15) is 6.10 Å². The topological polar surface area (TPSA) is 47.0 Å². The fraction of sp³-hybridized carbons (Fsp3) is 0.737. The Balaban J connectivity index is 1.70. The summed E-state index contributed by atoms with van der Waals surface area (Å²) in [5, 5.41) is 9.51. The first-order chi connectivity index (χ1) is 11.1. The van der Waals surface area contributed by atoms with E-state index in [4.69, 9.17) is 0 Å². The van der Waals surface area contributed by atoms with E-state index in [1.54, 1.807) is 6.92 Å². The van der Waals surface area contributed by atoms with Crippen molar-refractivity contribution >= 4 is 5.91 Å². The lowest BCUT2D eigenvalue weighted by Crippen LogP contribution is -2.36. The quantitative estimate of drug-likeness (QED) is 0.856. The molecule has 2 aliphatic heterocycles. The van der Waals surface area contributed by atoms with Gasteiger partial charge < -0.3 is 19.8 Å². The predicted octanol–water partition coefficient (Wildman–Crippen LogP) is 1.86. The smallest absolute Gasteiger partial charge is 0.251 e. The van der Waals surface area contributed by atoms with Crippen LogP contribution in [0.25, 0.3) is 0 Å². The van der Waals surface area contributed by atoms with Crippen molar-refractivity contribution in [3.63, 3.8) is 0 Å². The minimum Gasteiger partial charge on any atom is -0.384 e. The van der Waals surface area contributed by atoms with E-state index in [1.807, 2.05) is 4.90 Å². The van der Waals surface area contributed by atoms with E-state index >= 15 is 0 Å². The number of fused-ring (bicyclic) bond motifs is 1. The summed E-state index contributed by atoms with van der Waals surface area (Å²) in [6.45, 7) is 11.9. The van der Waals surface area contributed by atoms with Crippen molar-refractivity contribution in [3.8, 4) is 0 Å². The van der Waals surface area contributed by atoms with Crippen LogP contribution in [-0.2, 0) is 4.79 Å². The third-order valence-corrected chi connectivity index (χ3v) is 5.13. The highest BCUT2D eigenvalue weighted by molar-refractivity contribution is 5.80. The number of aliphatic hydroxyl groups is 1. The predicted molar refractivity (Wildman–Crippen MR) is 94.8 cm³/mol. The summed E-state index contributed by atoms with van der Waals surface area (Å²) in [6.07, 6.45) is 4.78. The molecule has 0 spiro atoms. The molecular formula is C19H31N3O2. The Hall–Kier alpha value is -1.49. The first-order valence-electron chi connectivity index (χ1n) is 8.99. The highest BCUT2D eigenvalue weighted by Gasteiger charge is 2.40. The molecule has 0 saturated carbocycles. The molecule has 3 unspecified atom stereocenters. The van der Waals surface area contributed by atoms with Crippen LogP contribution < -0.4 is 0 Å². The van der Waals surface area contributed by atoms with E-state index in [1.165, 1.54) is 11.3 Å². The molecule has 0 aromatic carbocycles. The number of allylic oxidation sites excluding steroid dienone is 1. The van der Waals surface area contributed by atoms with Gasteiger partial charge in [-0.1, -0.05) is 26.8 Å². The van der Waals surface area contributed by atoms with Crippen molar-refractivity contribution < 1.29 is 9.90 Å². The Labute approximate surface area is 145 Å². The molecule has 0 aromatic rings. The second kappa shape index (κ2) is 6.10. The molecule has 1 aliphatic carbocycles. The zero-order valence-corrected chi connectivity index (χ0v) is 15.6. The molecule has 0 bridgehead atoms. The maximum absolute atomic E-state index is 12.0. The minimum absolute atomic E-state index is 0.131. The second-order valence-electron chi connectivity index (χ2n) is 8.91. The van der Waals surface area contributed by atoms with Gasteiger partial charge in [-0.2, -0.15) is 0 Å². The standard InChI is InChI=1S/C19H31N3O2/c1-13(23)18(24)21-8-15-6-14(7-16(15)9-21)17-10-20(5)12-22(17)11-19(2,3)4/h6,10,13,15-16,23H,7-9,11-12H2,1-5H3. The van der Waals surface area contributed by atoms with Crippen LogP contribution in [0.4, 0.5) is 0 Å². The summed E-state index contributed by atoms with van der Waals surface area (Å²) in [5.41, 5.74) is 3.05. The number of likely N-dealkylation sites (tertiary alicyclic amines) is 1. The molecule has 1 N–H and O–H groups in total. The van der Waals surface area contributed by atoms with Gasteiger partial charge in [0.25, 0.3) is 5.91 Å². The number of carbonyl (C=O) groups excluding carboxylic acids is 1. The average molecular weight is 333 g/mol. The van der Waals surface area contributed by atoms with E-state index in [-0.39, 0.29) is 11.3 Å². The van der Waals surface area contributed by atoms with Crippen LogP contribution in [0.5, 0.6) is 0 Å². The SMILES string of the molecule is CC(O)C(=O)N1CC2C=C(C3=CN(C)CN3CC(C)(C)C)CC2C1. The van der Waals surface area contributed by atoms with Crippen molar-refractivity contribution in [3.05, 3.63) is 23.5 Å². The highest BCUT2D eigenvalue weighted by Crippen LogP contribution is 2.41. The lowest BCUT2D eigenvalue weighted by Gasteiger charge is -2.31. The number of rotatable bonds is 3. The Morgan fingerprint density at radius 1 is 1.38 bits per heavy atom. The molecule has 1 amide bonds. The Morgan fingerprint density at radius 3 is 2.67 bits per heavy atom. The molecule has 1 saturated heterocycles.